The predicted octanol–water partition coefficient (Wildman–Crippen LogP) is 5.43. The molecule has 0 aliphatic heterocycles. The largest absolute Gasteiger partial charge is 0.310 e. The van der Waals surface area contributed by atoms with Crippen molar-refractivity contribution in [1.82, 2.24) is 5.32 Å². The number of hydrogen-bond donors (Lipinski definition) is 1. The SMILES string of the molecule is Cc1cc(Cl)c(-c2ccc(CNC(C)C)cc2C)cc1C. The minimum Gasteiger partial charge on any atom is -0.310 e. The van der Waals surface area contributed by atoms with Gasteiger partial charge in [-0.25, -0.2) is 0 Å². The topological polar surface area (TPSA) is 12.0 Å². The van der Waals surface area contributed by atoms with E-state index in [-0.39, 0.29) is 0 Å². The highest BCUT2D eigenvalue weighted by molar-refractivity contribution is 6.33. The maximum absolute atomic E-state index is 6.44. The second-order valence-electron chi connectivity index (χ2n) is 6.10. The highest BCUT2D eigenvalue weighted by Crippen LogP contribution is 2.33. The second kappa shape index (κ2) is 6.64. The van der Waals surface area contributed by atoms with Gasteiger partial charge in [0.2, 0.25) is 0 Å². The summed E-state index contributed by atoms with van der Waals surface area (Å²) < 4.78 is 0. The van der Waals surface area contributed by atoms with Gasteiger partial charge in [-0.2, -0.15) is 0 Å². The number of hydrogen-bond acceptors (Lipinski definition) is 1. The van der Waals surface area contributed by atoms with E-state index in [1.54, 1.807) is 0 Å². The van der Waals surface area contributed by atoms with E-state index >= 15 is 0 Å². The van der Waals surface area contributed by atoms with Crippen molar-refractivity contribution in [2.75, 3.05) is 0 Å². The average molecular weight is 302 g/mol. The maximum Gasteiger partial charge on any atom is 0.0487 e. The van der Waals surface area contributed by atoms with Crippen LogP contribution in [0.2, 0.25) is 5.02 Å². The molecule has 112 valence electrons. The molecule has 0 fully saturated rings. The molecule has 2 heteroatoms. The molecule has 0 radical (unpaired) electrons. The maximum atomic E-state index is 6.44. The van der Waals surface area contributed by atoms with E-state index in [0.29, 0.717) is 6.04 Å². The van der Waals surface area contributed by atoms with Gasteiger partial charge in [0.15, 0.2) is 0 Å². The fourth-order valence-electron chi connectivity index (χ4n) is 2.45. The predicted molar refractivity (Wildman–Crippen MR) is 93.1 cm³/mol. The minimum atomic E-state index is 0.499. The minimum absolute atomic E-state index is 0.499. The molecule has 0 aliphatic carbocycles. The Labute approximate surface area is 133 Å². The van der Waals surface area contributed by atoms with Crippen LogP contribution in [-0.4, -0.2) is 6.04 Å². The number of benzene rings is 2. The molecule has 1 nitrogen and oxygen atoms in total. The lowest BCUT2D eigenvalue weighted by Gasteiger charge is -2.14. The van der Waals surface area contributed by atoms with Crippen molar-refractivity contribution in [2.45, 2.75) is 47.2 Å². The lowest BCUT2D eigenvalue weighted by molar-refractivity contribution is 0.589. The molecule has 0 unspecified atom stereocenters. The molecule has 0 spiro atoms. The van der Waals surface area contributed by atoms with Gasteiger partial charge in [0.25, 0.3) is 0 Å². The van der Waals surface area contributed by atoms with E-state index < -0.39 is 0 Å². The van der Waals surface area contributed by atoms with Gasteiger partial charge in [0.1, 0.15) is 0 Å². The van der Waals surface area contributed by atoms with Crippen molar-refractivity contribution in [1.29, 1.82) is 0 Å². The summed E-state index contributed by atoms with van der Waals surface area (Å²) >= 11 is 6.44. The van der Waals surface area contributed by atoms with Crippen molar-refractivity contribution in [2.24, 2.45) is 0 Å². The van der Waals surface area contributed by atoms with Crippen LogP contribution >= 0.6 is 11.6 Å². The third-order valence-corrected chi connectivity index (χ3v) is 4.19. The molecule has 2 rings (SSSR count). The van der Waals surface area contributed by atoms with Crippen LogP contribution in [0.1, 0.15) is 36.1 Å². The number of halogens is 1. The molecule has 2 aromatic rings. The number of aryl methyl sites for hydroxylation is 3. The molecule has 1 N–H and O–H groups in total. The second-order valence-corrected chi connectivity index (χ2v) is 6.51. The van der Waals surface area contributed by atoms with Gasteiger partial charge < -0.3 is 5.32 Å². The molecule has 0 atom stereocenters. The first-order valence-electron chi connectivity index (χ1n) is 7.48. The van der Waals surface area contributed by atoms with Crippen LogP contribution in [0.5, 0.6) is 0 Å². The standard InChI is InChI=1S/C19H24ClN/c1-12(2)21-11-16-6-7-17(15(5)8-16)18-9-13(3)14(4)10-19(18)20/h6-10,12,21H,11H2,1-5H3. The van der Waals surface area contributed by atoms with Crippen molar-refractivity contribution < 1.29 is 0 Å². The van der Waals surface area contributed by atoms with E-state index in [9.17, 15) is 0 Å². The Morgan fingerprint density at radius 1 is 0.905 bits per heavy atom. The van der Waals surface area contributed by atoms with Gasteiger partial charge in [-0.15, -0.1) is 0 Å². The Kier molecular flexibility index (Phi) is 5.08. The summed E-state index contributed by atoms with van der Waals surface area (Å²) in [6, 6.07) is 11.4. The van der Waals surface area contributed by atoms with E-state index in [0.717, 1.165) is 17.1 Å². The van der Waals surface area contributed by atoms with Crippen LogP contribution in [0.4, 0.5) is 0 Å². The summed E-state index contributed by atoms with van der Waals surface area (Å²) in [6.07, 6.45) is 0. The van der Waals surface area contributed by atoms with Gasteiger partial charge in [0, 0.05) is 23.2 Å². The monoisotopic (exact) mass is 301 g/mol. The summed E-state index contributed by atoms with van der Waals surface area (Å²) in [5.74, 6) is 0. The third-order valence-electron chi connectivity index (χ3n) is 3.88. The molecule has 0 saturated heterocycles. The van der Waals surface area contributed by atoms with Gasteiger partial charge in [-0.1, -0.05) is 43.6 Å². The highest BCUT2D eigenvalue weighted by atomic mass is 35.5. The van der Waals surface area contributed by atoms with E-state index in [4.69, 9.17) is 11.6 Å². The third kappa shape index (κ3) is 3.87. The van der Waals surface area contributed by atoms with Gasteiger partial charge in [-0.3, -0.25) is 0 Å². The molecular formula is C19H24ClN. The quantitative estimate of drug-likeness (QED) is 0.794. The molecule has 0 heterocycles. The fourth-order valence-corrected chi connectivity index (χ4v) is 2.77. The molecule has 0 saturated carbocycles. The van der Waals surface area contributed by atoms with Gasteiger partial charge in [-0.05, 0) is 60.7 Å². The van der Waals surface area contributed by atoms with E-state index in [1.165, 1.54) is 27.8 Å². The summed E-state index contributed by atoms with van der Waals surface area (Å²) in [7, 11) is 0. The first-order chi connectivity index (χ1) is 9.88. The van der Waals surface area contributed by atoms with Crippen LogP contribution in [0.3, 0.4) is 0 Å². The van der Waals surface area contributed by atoms with Crippen LogP contribution in [-0.2, 0) is 6.54 Å². The summed E-state index contributed by atoms with van der Waals surface area (Å²) in [5.41, 5.74) is 7.43. The summed E-state index contributed by atoms with van der Waals surface area (Å²) in [6.45, 7) is 11.6. The van der Waals surface area contributed by atoms with E-state index in [1.807, 2.05) is 0 Å². The number of rotatable bonds is 4. The van der Waals surface area contributed by atoms with Crippen molar-refractivity contribution in [3.05, 3.63) is 57.6 Å². The Balaban J connectivity index is 2.35. The van der Waals surface area contributed by atoms with Crippen LogP contribution < -0.4 is 5.32 Å². The summed E-state index contributed by atoms with van der Waals surface area (Å²) in [5, 5.41) is 4.28. The smallest absolute Gasteiger partial charge is 0.0487 e. The van der Waals surface area contributed by atoms with Crippen molar-refractivity contribution in [3.8, 4) is 11.1 Å². The molecular weight excluding hydrogens is 278 g/mol. The van der Waals surface area contributed by atoms with Crippen molar-refractivity contribution >= 4 is 11.6 Å². The fraction of sp³-hybridized carbons (Fsp3) is 0.368. The zero-order chi connectivity index (χ0) is 15.6. The normalized spacial score (nSPS) is 11.2. The lowest BCUT2D eigenvalue weighted by Crippen LogP contribution is -2.21. The summed E-state index contributed by atoms with van der Waals surface area (Å²) in [4.78, 5) is 0. The van der Waals surface area contributed by atoms with Crippen LogP contribution in [0.15, 0.2) is 30.3 Å². The molecule has 2 aromatic carbocycles. The Hall–Kier alpha value is -1.31. The Bertz CT molecular complexity index is 644. The molecule has 0 aromatic heterocycles. The van der Waals surface area contributed by atoms with Crippen LogP contribution in [0, 0.1) is 20.8 Å². The van der Waals surface area contributed by atoms with Crippen LogP contribution in [0.25, 0.3) is 11.1 Å². The molecule has 0 amide bonds. The first kappa shape index (κ1) is 16.1. The van der Waals surface area contributed by atoms with Gasteiger partial charge in [0.05, 0.1) is 0 Å². The Morgan fingerprint density at radius 3 is 2.19 bits per heavy atom. The molecule has 21 heavy (non-hydrogen) atoms. The van der Waals surface area contributed by atoms with Gasteiger partial charge >= 0.3 is 0 Å². The average Bonchev–Trinajstić information content (AvgIpc) is 2.41. The Morgan fingerprint density at radius 2 is 1.57 bits per heavy atom. The lowest BCUT2D eigenvalue weighted by atomic mass is 9.95. The molecule has 0 aliphatic rings. The zero-order valence-corrected chi connectivity index (χ0v) is 14.3. The first-order valence-corrected chi connectivity index (χ1v) is 7.86. The zero-order valence-electron chi connectivity index (χ0n) is 13.5. The van der Waals surface area contributed by atoms with E-state index in [2.05, 4.69) is 70.3 Å². The van der Waals surface area contributed by atoms with Crippen molar-refractivity contribution in [3.63, 3.8) is 0 Å². The number of nitrogens with one attached hydrogen (secondary N) is 1. The highest BCUT2D eigenvalue weighted by Gasteiger charge is 2.09. The molecule has 0 bridgehead atoms.